The van der Waals surface area contributed by atoms with Gasteiger partial charge in [0.25, 0.3) is 5.91 Å². The second kappa shape index (κ2) is 10.3. The molecule has 2 aromatic carbocycles. The summed E-state index contributed by atoms with van der Waals surface area (Å²) in [5.74, 6) is 0.584. The van der Waals surface area contributed by atoms with Crippen molar-refractivity contribution in [3.63, 3.8) is 0 Å². The summed E-state index contributed by atoms with van der Waals surface area (Å²) in [6, 6.07) is 19.9. The number of benzene rings is 2. The first kappa shape index (κ1) is 21.1. The van der Waals surface area contributed by atoms with Crippen molar-refractivity contribution in [2.45, 2.75) is 19.6 Å². The van der Waals surface area contributed by atoms with Crippen LogP contribution in [0.3, 0.4) is 0 Å². The molecule has 1 atom stereocenters. The maximum atomic E-state index is 12.3. The van der Waals surface area contributed by atoms with Crippen molar-refractivity contribution in [2.75, 3.05) is 0 Å². The summed E-state index contributed by atoms with van der Waals surface area (Å²) in [6.45, 7) is 1.85. The van der Waals surface area contributed by atoms with Crippen LogP contribution in [0.25, 0.3) is 0 Å². The molecule has 0 aliphatic heterocycles. The van der Waals surface area contributed by atoms with Crippen LogP contribution in [0, 0.1) is 0 Å². The number of nitrogens with two attached hydrogens (primary N) is 1. The molecule has 0 aliphatic rings. The van der Waals surface area contributed by atoms with Gasteiger partial charge in [-0.25, -0.2) is 4.98 Å². The van der Waals surface area contributed by atoms with Gasteiger partial charge in [0.1, 0.15) is 5.75 Å². The van der Waals surface area contributed by atoms with Crippen LogP contribution in [0.15, 0.2) is 78.1 Å². The molecule has 8 heteroatoms. The maximum absolute atomic E-state index is 12.3. The van der Waals surface area contributed by atoms with Gasteiger partial charge < -0.3 is 20.6 Å². The van der Waals surface area contributed by atoms with E-state index < -0.39 is 6.10 Å². The van der Waals surface area contributed by atoms with Crippen LogP contribution in [0.5, 0.6) is 11.6 Å². The highest BCUT2D eigenvalue weighted by atomic mass is 35.5. The average molecular weight is 425 g/mol. The monoisotopic (exact) mass is 424 g/mol. The number of carbonyl (C=O) groups is 1. The summed E-state index contributed by atoms with van der Waals surface area (Å²) >= 11 is 6.09. The fourth-order valence-electron chi connectivity index (χ4n) is 2.47. The van der Waals surface area contributed by atoms with E-state index in [0.29, 0.717) is 16.3 Å². The van der Waals surface area contributed by atoms with E-state index in [0.717, 1.165) is 5.56 Å². The Bertz CT molecular complexity index is 1030. The number of carbonyl (C=O) groups excluding carboxylic acids is 1. The Morgan fingerprint density at radius 1 is 1.13 bits per heavy atom. The molecule has 0 saturated heterocycles. The number of oxime groups is 1. The summed E-state index contributed by atoms with van der Waals surface area (Å²) in [4.78, 5) is 21.7. The zero-order valence-electron chi connectivity index (χ0n) is 16.3. The summed E-state index contributed by atoms with van der Waals surface area (Å²) in [6.07, 6.45) is 0.724. The number of ether oxygens (including phenoxy) is 1. The average Bonchev–Trinajstić information content (AvgIpc) is 2.77. The molecule has 30 heavy (non-hydrogen) atoms. The Kier molecular flexibility index (Phi) is 7.24. The van der Waals surface area contributed by atoms with Gasteiger partial charge in [-0.2, -0.15) is 0 Å². The van der Waals surface area contributed by atoms with Crippen molar-refractivity contribution in [1.29, 1.82) is 0 Å². The van der Waals surface area contributed by atoms with Crippen LogP contribution in [0.2, 0.25) is 5.02 Å². The Morgan fingerprint density at radius 3 is 2.63 bits per heavy atom. The van der Waals surface area contributed by atoms with Crippen molar-refractivity contribution in [3.8, 4) is 11.6 Å². The minimum atomic E-state index is -0.860. The number of amides is 1. The Morgan fingerprint density at radius 2 is 1.87 bits per heavy atom. The van der Waals surface area contributed by atoms with Gasteiger partial charge in [0.15, 0.2) is 5.84 Å². The highest BCUT2D eigenvalue weighted by Gasteiger charge is 2.16. The van der Waals surface area contributed by atoms with E-state index in [-0.39, 0.29) is 24.2 Å². The van der Waals surface area contributed by atoms with Crippen molar-refractivity contribution in [2.24, 2.45) is 10.9 Å². The van der Waals surface area contributed by atoms with Crippen LogP contribution in [0.4, 0.5) is 0 Å². The second-order valence-corrected chi connectivity index (χ2v) is 6.71. The molecule has 0 aliphatic carbocycles. The number of hydrogen-bond acceptors (Lipinski definition) is 5. The van der Waals surface area contributed by atoms with E-state index in [2.05, 4.69) is 15.5 Å². The predicted molar refractivity (Wildman–Crippen MR) is 115 cm³/mol. The van der Waals surface area contributed by atoms with E-state index in [1.54, 1.807) is 43.5 Å². The van der Waals surface area contributed by atoms with Crippen molar-refractivity contribution < 1.29 is 14.4 Å². The quantitative estimate of drug-likeness (QED) is 0.325. The molecule has 1 unspecified atom stereocenters. The van der Waals surface area contributed by atoms with E-state index in [9.17, 15) is 4.79 Å². The zero-order chi connectivity index (χ0) is 21.3. The van der Waals surface area contributed by atoms with E-state index in [1.807, 2.05) is 36.4 Å². The number of nitrogens with zero attached hydrogens (tertiary/aromatic N) is 2. The van der Waals surface area contributed by atoms with Crippen molar-refractivity contribution in [1.82, 2.24) is 10.3 Å². The Hall–Kier alpha value is -3.58. The van der Waals surface area contributed by atoms with Crippen LogP contribution < -0.4 is 15.8 Å². The molecule has 3 rings (SSSR count). The van der Waals surface area contributed by atoms with E-state index >= 15 is 0 Å². The molecule has 0 radical (unpaired) electrons. The first-order valence-corrected chi connectivity index (χ1v) is 9.61. The second-order valence-electron chi connectivity index (χ2n) is 6.30. The lowest BCUT2D eigenvalue weighted by atomic mass is 10.2. The third kappa shape index (κ3) is 5.71. The molecule has 1 heterocycles. The van der Waals surface area contributed by atoms with Gasteiger partial charge in [-0.3, -0.25) is 4.79 Å². The fourth-order valence-corrected chi connectivity index (χ4v) is 2.67. The van der Waals surface area contributed by atoms with Gasteiger partial charge in [-0.1, -0.05) is 53.2 Å². The summed E-state index contributed by atoms with van der Waals surface area (Å²) < 4.78 is 5.76. The molecule has 7 nitrogen and oxygen atoms in total. The Balaban J connectivity index is 1.61. The lowest BCUT2D eigenvalue weighted by Gasteiger charge is -2.13. The smallest absolute Gasteiger partial charge is 0.263 e. The van der Waals surface area contributed by atoms with Gasteiger partial charge >= 0.3 is 0 Å². The number of halogens is 1. The molecule has 0 saturated carbocycles. The molecule has 1 aromatic heterocycles. The lowest BCUT2D eigenvalue weighted by Crippen LogP contribution is -2.33. The molecule has 0 spiro atoms. The summed E-state index contributed by atoms with van der Waals surface area (Å²) in [5, 5.41) is 7.21. The highest BCUT2D eigenvalue weighted by Crippen LogP contribution is 2.22. The van der Waals surface area contributed by atoms with Gasteiger partial charge in [0, 0.05) is 17.8 Å². The lowest BCUT2D eigenvalue weighted by molar-refractivity contribution is -0.131. The van der Waals surface area contributed by atoms with E-state index in [4.69, 9.17) is 26.9 Å². The van der Waals surface area contributed by atoms with Crippen molar-refractivity contribution >= 4 is 23.3 Å². The fraction of sp³-hybridized carbons (Fsp3) is 0.136. The standard InChI is InChI=1S/C22H21ClN4O3/c1-15(21(28)26-14-16-8-5-6-12-19(16)23)30-27-20(24)18-11-7-13-25-22(18)29-17-9-3-2-4-10-17/h2-13,15H,14H2,1H3,(H2,24,27)(H,26,28). The van der Waals surface area contributed by atoms with Crippen LogP contribution in [-0.4, -0.2) is 22.8 Å². The van der Waals surface area contributed by atoms with E-state index in [1.165, 1.54) is 0 Å². The third-order valence-corrected chi connectivity index (χ3v) is 4.46. The molecule has 0 bridgehead atoms. The topological polar surface area (TPSA) is 98.8 Å². The number of pyridine rings is 1. The van der Waals surface area contributed by atoms with Crippen LogP contribution in [-0.2, 0) is 16.2 Å². The SMILES string of the molecule is CC(ON=C(N)c1cccnc1Oc1ccccc1)C(=O)NCc1ccccc1Cl. The first-order chi connectivity index (χ1) is 14.5. The molecule has 0 fully saturated rings. The molecular weight excluding hydrogens is 404 g/mol. The van der Waals surface area contributed by atoms with Crippen LogP contribution >= 0.6 is 11.6 Å². The normalized spacial score (nSPS) is 12.1. The number of amidine groups is 1. The largest absolute Gasteiger partial charge is 0.438 e. The van der Waals surface area contributed by atoms with Gasteiger partial charge in [-0.05, 0) is 42.8 Å². The number of aromatic nitrogens is 1. The molecular formula is C22H21ClN4O3. The summed E-state index contributed by atoms with van der Waals surface area (Å²) in [5.41, 5.74) is 7.29. The number of para-hydroxylation sites is 1. The minimum absolute atomic E-state index is 0.0415. The molecule has 1 amide bonds. The maximum Gasteiger partial charge on any atom is 0.263 e. The van der Waals surface area contributed by atoms with Gasteiger partial charge in [0.2, 0.25) is 12.0 Å². The first-order valence-electron chi connectivity index (χ1n) is 9.23. The highest BCUT2D eigenvalue weighted by molar-refractivity contribution is 6.31. The molecule has 3 N–H and O–H groups in total. The minimum Gasteiger partial charge on any atom is -0.438 e. The van der Waals surface area contributed by atoms with Gasteiger partial charge in [0.05, 0.1) is 5.56 Å². The van der Waals surface area contributed by atoms with Crippen LogP contribution in [0.1, 0.15) is 18.1 Å². The predicted octanol–water partition coefficient (Wildman–Crippen LogP) is 3.87. The number of nitrogens with one attached hydrogen (secondary N) is 1. The third-order valence-electron chi connectivity index (χ3n) is 4.09. The molecule has 154 valence electrons. The van der Waals surface area contributed by atoms with Gasteiger partial charge in [-0.15, -0.1) is 0 Å². The zero-order valence-corrected chi connectivity index (χ0v) is 17.0. The molecule has 3 aromatic rings. The number of hydrogen-bond donors (Lipinski definition) is 2. The Labute approximate surface area is 179 Å². The summed E-state index contributed by atoms with van der Waals surface area (Å²) in [7, 11) is 0. The van der Waals surface area contributed by atoms with Crippen molar-refractivity contribution in [3.05, 3.63) is 89.1 Å². The number of rotatable bonds is 8.